The number of hydrogen-bond donors (Lipinski definition) is 1. The second-order valence-corrected chi connectivity index (χ2v) is 5.69. The van der Waals surface area contributed by atoms with E-state index < -0.39 is 11.7 Å². The number of hydrogen-bond acceptors (Lipinski definition) is 3. The van der Waals surface area contributed by atoms with Gasteiger partial charge in [-0.1, -0.05) is 15.9 Å². The molecule has 0 amide bonds. The van der Waals surface area contributed by atoms with Gasteiger partial charge in [-0.25, -0.2) is 4.98 Å². The average Bonchev–Trinajstić information content (AvgIpc) is 2.80. The van der Waals surface area contributed by atoms with E-state index in [9.17, 15) is 13.2 Å². The number of halogens is 4. The van der Waals surface area contributed by atoms with Crippen LogP contribution in [0.5, 0.6) is 0 Å². The van der Waals surface area contributed by atoms with Crippen LogP contribution in [0, 0.1) is 0 Å². The first kappa shape index (κ1) is 14.3. The van der Waals surface area contributed by atoms with Gasteiger partial charge in [0.15, 0.2) is 0 Å². The highest BCUT2D eigenvalue weighted by atomic mass is 79.9. The third kappa shape index (κ3) is 3.94. The molecule has 0 aliphatic heterocycles. The van der Waals surface area contributed by atoms with Gasteiger partial charge in [0.2, 0.25) is 0 Å². The second kappa shape index (κ2) is 5.92. The molecule has 0 unspecified atom stereocenters. The number of alkyl halides is 3. The molecule has 0 atom stereocenters. The Labute approximate surface area is 120 Å². The highest BCUT2D eigenvalue weighted by molar-refractivity contribution is 9.10. The normalized spacial score (nSPS) is 11.6. The third-order valence-corrected chi connectivity index (χ3v) is 3.76. The maximum absolute atomic E-state index is 12.8. The summed E-state index contributed by atoms with van der Waals surface area (Å²) in [6, 6.07) is 3.88. The molecule has 102 valence electrons. The standard InChI is InChI=1S/C12H10BrF3N2S/c13-8-1-2-9(12(14,15)16)10(7-8)17-4-3-11-18-5-6-19-11/h1-2,5-7,17H,3-4H2. The number of nitrogens with one attached hydrogen (secondary N) is 1. The Morgan fingerprint density at radius 2 is 2.11 bits per heavy atom. The van der Waals surface area contributed by atoms with E-state index in [1.807, 2.05) is 5.38 Å². The van der Waals surface area contributed by atoms with Crippen LogP contribution in [0.15, 0.2) is 34.2 Å². The predicted octanol–water partition coefficient (Wildman–Crippen LogP) is 4.58. The van der Waals surface area contributed by atoms with Crippen molar-refractivity contribution >= 4 is 33.0 Å². The lowest BCUT2D eigenvalue weighted by molar-refractivity contribution is -0.136. The maximum atomic E-state index is 12.8. The largest absolute Gasteiger partial charge is 0.418 e. The summed E-state index contributed by atoms with van der Waals surface area (Å²) in [4.78, 5) is 4.08. The number of anilines is 1. The van der Waals surface area contributed by atoms with Crippen LogP contribution < -0.4 is 5.32 Å². The Balaban J connectivity index is 2.08. The summed E-state index contributed by atoms with van der Waals surface area (Å²) in [5, 5.41) is 5.56. The third-order valence-electron chi connectivity index (χ3n) is 2.42. The first-order valence-electron chi connectivity index (χ1n) is 5.46. The van der Waals surface area contributed by atoms with Crippen molar-refractivity contribution in [2.24, 2.45) is 0 Å². The van der Waals surface area contributed by atoms with Gasteiger partial charge in [0, 0.05) is 34.7 Å². The van der Waals surface area contributed by atoms with Crippen molar-refractivity contribution in [3.05, 3.63) is 44.8 Å². The quantitative estimate of drug-likeness (QED) is 0.872. The molecule has 1 N–H and O–H groups in total. The molecule has 0 radical (unpaired) electrons. The zero-order valence-corrected chi connectivity index (χ0v) is 12.1. The summed E-state index contributed by atoms with van der Waals surface area (Å²) in [6.07, 6.45) is -2.08. The number of aromatic nitrogens is 1. The van der Waals surface area contributed by atoms with Crippen LogP contribution in [0.3, 0.4) is 0 Å². The summed E-state index contributed by atoms with van der Waals surface area (Å²) < 4.78 is 39.1. The summed E-state index contributed by atoms with van der Waals surface area (Å²) in [5.41, 5.74) is -0.576. The minimum absolute atomic E-state index is 0.0819. The second-order valence-electron chi connectivity index (χ2n) is 3.79. The van der Waals surface area contributed by atoms with E-state index in [1.165, 1.54) is 23.5 Å². The molecule has 0 saturated carbocycles. The Hall–Kier alpha value is -1.08. The van der Waals surface area contributed by atoms with E-state index in [0.717, 1.165) is 11.1 Å². The van der Waals surface area contributed by atoms with Gasteiger partial charge in [-0.05, 0) is 18.2 Å². The molecule has 0 saturated heterocycles. The monoisotopic (exact) mass is 350 g/mol. The van der Waals surface area contributed by atoms with E-state index in [4.69, 9.17) is 0 Å². The van der Waals surface area contributed by atoms with Crippen molar-refractivity contribution < 1.29 is 13.2 Å². The summed E-state index contributed by atoms with van der Waals surface area (Å²) in [5.74, 6) is 0. The Bertz CT molecular complexity index is 540. The number of rotatable bonds is 4. The molecular formula is C12H10BrF3N2S. The van der Waals surface area contributed by atoms with E-state index >= 15 is 0 Å². The fourth-order valence-electron chi connectivity index (χ4n) is 1.59. The van der Waals surface area contributed by atoms with Crippen molar-refractivity contribution in [3.63, 3.8) is 0 Å². The number of benzene rings is 1. The van der Waals surface area contributed by atoms with Gasteiger partial charge in [0.05, 0.1) is 10.6 Å². The highest BCUT2D eigenvalue weighted by Gasteiger charge is 2.33. The van der Waals surface area contributed by atoms with E-state index in [1.54, 1.807) is 6.20 Å². The molecule has 1 heterocycles. The SMILES string of the molecule is FC(F)(F)c1ccc(Br)cc1NCCc1nccs1. The zero-order chi connectivity index (χ0) is 13.9. The fraction of sp³-hybridized carbons (Fsp3) is 0.250. The van der Waals surface area contributed by atoms with Crippen molar-refractivity contribution in [1.82, 2.24) is 4.98 Å². The molecule has 0 aliphatic rings. The molecule has 0 spiro atoms. The molecule has 0 fully saturated rings. The summed E-state index contributed by atoms with van der Waals surface area (Å²) in [7, 11) is 0. The molecule has 7 heteroatoms. The topological polar surface area (TPSA) is 24.9 Å². The van der Waals surface area contributed by atoms with Crippen molar-refractivity contribution in [2.45, 2.75) is 12.6 Å². The zero-order valence-electron chi connectivity index (χ0n) is 9.67. The van der Waals surface area contributed by atoms with Crippen molar-refractivity contribution in [1.29, 1.82) is 0 Å². The average molecular weight is 351 g/mol. The van der Waals surface area contributed by atoms with Gasteiger partial charge in [0.25, 0.3) is 0 Å². The van der Waals surface area contributed by atoms with Gasteiger partial charge >= 0.3 is 6.18 Å². The lowest BCUT2D eigenvalue weighted by Crippen LogP contribution is -2.12. The van der Waals surface area contributed by atoms with E-state index in [0.29, 0.717) is 17.4 Å². The Kier molecular flexibility index (Phi) is 4.46. The number of thiazole rings is 1. The Morgan fingerprint density at radius 3 is 2.74 bits per heavy atom. The lowest BCUT2D eigenvalue weighted by atomic mass is 10.1. The minimum Gasteiger partial charge on any atom is -0.384 e. The number of nitrogens with zero attached hydrogens (tertiary/aromatic N) is 1. The molecule has 19 heavy (non-hydrogen) atoms. The summed E-state index contributed by atoms with van der Waals surface area (Å²) in [6.45, 7) is 0.410. The lowest BCUT2D eigenvalue weighted by Gasteiger charge is -2.14. The molecular weight excluding hydrogens is 341 g/mol. The van der Waals surface area contributed by atoms with Crippen LogP contribution in [-0.2, 0) is 12.6 Å². The molecule has 1 aromatic heterocycles. The molecule has 2 aromatic rings. The van der Waals surface area contributed by atoms with Crippen LogP contribution in [0.4, 0.5) is 18.9 Å². The first-order chi connectivity index (χ1) is 8.97. The first-order valence-corrected chi connectivity index (χ1v) is 7.13. The van der Waals surface area contributed by atoms with Crippen LogP contribution in [0.1, 0.15) is 10.6 Å². The molecule has 0 bridgehead atoms. The van der Waals surface area contributed by atoms with Gasteiger partial charge in [0.1, 0.15) is 0 Å². The maximum Gasteiger partial charge on any atom is 0.418 e. The van der Waals surface area contributed by atoms with Gasteiger partial charge in [-0.3, -0.25) is 0 Å². The molecule has 2 nitrogen and oxygen atoms in total. The smallest absolute Gasteiger partial charge is 0.384 e. The van der Waals surface area contributed by atoms with Gasteiger partial charge in [-0.15, -0.1) is 11.3 Å². The van der Waals surface area contributed by atoms with E-state index in [-0.39, 0.29) is 5.69 Å². The van der Waals surface area contributed by atoms with Gasteiger partial charge < -0.3 is 5.32 Å². The highest BCUT2D eigenvalue weighted by Crippen LogP contribution is 2.36. The van der Waals surface area contributed by atoms with Crippen LogP contribution >= 0.6 is 27.3 Å². The van der Waals surface area contributed by atoms with Crippen LogP contribution in [0.2, 0.25) is 0 Å². The molecule has 1 aromatic carbocycles. The Morgan fingerprint density at radius 1 is 1.32 bits per heavy atom. The van der Waals surface area contributed by atoms with E-state index in [2.05, 4.69) is 26.2 Å². The summed E-state index contributed by atoms with van der Waals surface area (Å²) >= 11 is 4.66. The van der Waals surface area contributed by atoms with Crippen LogP contribution in [0.25, 0.3) is 0 Å². The fourth-order valence-corrected chi connectivity index (χ4v) is 2.57. The van der Waals surface area contributed by atoms with Crippen molar-refractivity contribution in [3.8, 4) is 0 Å². The predicted molar refractivity (Wildman–Crippen MR) is 73.5 cm³/mol. The van der Waals surface area contributed by atoms with Gasteiger partial charge in [-0.2, -0.15) is 13.2 Å². The van der Waals surface area contributed by atoms with Crippen LogP contribution in [-0.4, -0.2) is 11.5 Å². The van der Waals surface area contributed by atoms with Crippen molar-refractivity contribution in [2.75, 3.05) is 11.9 Å². The minimum atomic E-state index is -4.36. The molecule has 2 rings (SSSR count). The molecule has 0 aliphatic carbocycles.